The Kier molecular flexibility index (Phi) is 8.93. The molecule has 0 bridgehead atoms. The van der Waals surface area contributed by atoms with Crippen LogP contribution in [0.25, 0.3) is 0 Å². The van der Waals surface area contributed by atoms with Gasteiger partial charge < -0.3 is 21.3 Å². The number of nitrogens with one attached hydrogen (secondary N) is 4. The number of nitrogens with zero attached hydrogens (tertiary/aromatic N) is 3. The van der Waals surface area contributed by atoms with Crippen molar-refractivity contribution >= 4 is 47.3 Å². The number of benzene rings is 2. The molecule has 2 aliphatic heterocycles. The van der Waals surface area contributed by atoms with Gasteiger partial charge in [-0.1, -0.05) is 13.8 Å². The summed E-state index contributed by atoms with van der Waals surface area (Å²) >= 11 is 0. The fraction of sp³-hybridized carbons (Fsp3) is 0.276. The lowest BCUT2D eigenvalue weighted by Crippen LogP contribution is -2.35. The average Bonchev–Trinajstić information content (AvgIpc) is 2.95. The summed E-state index contributed by atoms with van der Waals surface area (Å²) in [6.07, 6.45) is 1.40. The van der Waals surface area contributed by atoms with Gasteiger partial charge in [0.2, 0.25) is 0 Å². The molecule has 2 amide bonds. The number of aromatic nitrogens is 1. The highest BCUT2D eigenvalue weighted by molar-refractivity contribution is 6.06. The van der Waals surface area contributed by atoms with E-state index < -0.39 is 0 Å². The number of hydrogen-bond donors (Lipinski definition) is 4. The molecule has 0 radical (unpaired) electrons. The SMILES string of the molecule is CC1CN=C(c2ccc(NC(=O)c3ccc(C(=O)Nc4ccc(C5=NCC(C)CN5)cc4)nc3)cc2)NC1.Cl. The molecule has 39 heavy (non-hydrogen) atoms. The van der Waals surface area contributed by atoms with Gasteiger partial charge in [-0.25, -0.2) is 0 Å². The van der Waals surface area contributed by atoms with Crippen molar-refractivity contribution in [1.82, 2.24) is 15.6 Å². The largest absolute Gasteiger partial charge is 0.370 e. The molecule has 2 aromatic carbocycles. The number of rotatable bonds is 6. The van der Waals surface area contributed by atoms with E-state index in [9.17, 15) is 9.59 Å². The molecule has 4 N–H and O–H groups in total. The third-order valence-electron chi connectivity index (χ3n) is 6.45. The molecule has 2 atom stereocenters. The Hall–Kier alpha value is -4.24. The van der Waals surface area contributed by atoms with Crippen LogP contribution >= 0.6 is 12.4 Å². The molecular weight excluding hydrogens is 514 g/mol. The monoisotopic (exact) mass is 545 g/mol. The number of hydrogen-bond acceptors (Lipinski definition) is 7. The highest BCUT2D eigenvalue weighted by Gasteiger charge is 2.15. The summed E-state index contributed by atoms with van der Waals surface area (Å²) in [5.41, 5.74) is 3.86. The van der Waals surface area contributed by atoms with Gasteiger partial charge in [0.15, 0.2) is 0 Å². The third-order valence-corrected chi connectivity index (χ3v) is 6.45. The molecule has 3 aromatic rings. The van der Waals surface area contributed by atoms with Crippen molar-refractivity contribution in [3.63, 3.8) is 0 Å². The number of halogens is 1. The third kappa shape index (κ3) is 7.00. The van der Waals surface area contributed by atoms with Crippen molar-refractivity contribution in [1.29, 1.82) is 0 Å². The van der Waals surface area contributed by atoms with E-state index >= 15 is 0 Å². The summed E-state index contributed by atoms with van der Waals surface area (Å²) in [4.78, 5) is 38.7. The molecule has 0 saturated carbocycles. The van der Waals surface area contributed by atoms with Crippen LogP contribution in [-0.4, -0.2) is 54.6 Å². The molecule has 2 unspecified atom stereocenters. The van der Waals surface area contributed by atoms with Crippen LogP contribution in [0.2, 0.25) is 0 Å². The summed E-state index contributed by atoms with van der Waals surface area (Å²) in [5, 5.41) is 12.4. The fourth-order valence-electron chi connectivity index (χ4n) is 4.15. The van der Waals surface area contributed by atoms with Crippen molar-refractivity contribution in [3.8, 4) is 0 Å². The Balaban J connectivity index is 0.00000353. The predicted octanol–water partition coefficient (Wildman–Crippen LogP) is 3.98. The van der Waals surface area contributed by atoms with Crippen molar-refractivity contribution in [3.05, 3.63) is 89.2 Å². The maximum atomic E-state index is 12.7. The minimum absolute atomic E-state index is 0. The lowest BCUT2D eigenvalue weighted by Gasteiger charge is -2.20. The maximum absolute atomic E-state index is 12.7. The Morgan fingerprint density at radius 3 is 1.62 bits per heavy atom. The van der Waals surface area contributed by atoms with E-state index in [0.717, 1.165) is 49.0 Å². The first-order valence-corrected chi connectivity index (χ1v) is 12.8. The van der Waals surface area contributed by atoms with E-state index in [1.165, 1.54) is 12.3 Å². The Morgan fingerprint density at radius 2 is 1.21 bits per heavy atom. The number of aliphatic imine (C=N–C) groups is 2. The van der Waals surface area contributed by atoms with Crippen LogP contribution in [0.4, 0.5) is 11.4 Å². The Morgan fingerprint density at radius 1 is 0.718 bits per heavy atom. The van der Waals surface area contributed by atoms with Gasteiger partial charge in [0.25, 0.3) is 11.8 Å². The summed E-state index contributed by atoms with van der Waals surface area (Å²) in [7, 11) is 0. The zero-order chi connectivity index (χ0) is 26.5. The molecule has 1 aromatic heterocycles. The standard InChI is InChI=1S/C29H31N7O2.ClH/c1-18-13-31-26(32-14-18)20-3-8-23(9-4-20)35-28(37)22-7-12-25(30-17-22)29(38)36-24-10-5-21(6-11-24)27-33-15-19(2)16-34-27;/h3-12,17-19H,13-16H2,1-2H3,(H,31,32)(H,33,34)(H,35,37)(H,36,38);1H. The number of carbonyl (C=O) groups excluding carboxylic acids is 2. The van der Waals surface area contributed by atoms with E-state index in [1.54, 1.807) is 6.07 Å². The summed E-state index contributed by atoms with van der Waals surface area (Å²) < 4.78 is 0. The first-order chi connectivity index (χ1) is 18.4. The number of pyridine rings is 1. The van der Waals surface area contributed by atoms with Crippen LogP contribution in [0.5, 0.6) is 0 Å². The molecule has 0 fully saturated rings. The van der Waals surface area contributed by atoms with Gasteiger partial charge in [0, 0.05) is 54.9 Å². The van der Waals surface area contributed by atoms with Crippen molar-refractivity contribution < 1.29 is 9.59 Å². The average molecular weight is 546 g/mol. The number of carbonyl (C=O) groups is 2. The van der Waals surface area contributed by atoms with Crippen LogP contribution in [0, 0.1) is 11.8 Å². The maximum Gasteiger partial charge on any atom is 0.274 e. The summed E-state index contributed by atoms with van der Waals surface area (Å²) in [6, 6.07) is 18.2. The summed E-state index contributed by atoms with van der Waals surface area (Å²) in [6.45, 7) is 7.73. The minimum Gasteiger partial charge on any atom is -0.370 e. The molecule has 5 rings (SSSR count). The van der Waals surface area contributed by atoms with E-state index in [0.29, 0.717) is 28.8 Å². The van der Waals surface area contributed by atoms with E-state index in [-0.39, 0.29) is 29.9 Å². The lowest BCUT2D eigenvalue weighted by atomic mass is 10.1. The molecule has 0 saturated heterocycles. The highest BCUT2D eigenvalue weighted by atomic mass is 35.5. The highest BCUT2D eigenvalue weighted by Crippen LogP contribution is 2.15. The van der Waals surface area contributed by atoms with Gasteiger partial charge in [-0.2, -0.15) is 0 Å². The van der Waals surface area contributed by atoms with Crippen molar-refractivity contribution in [2.24, 2.45) is 21.8 Å². The smallest absolute Gasteiger partial charge is 0.274 e. The Labute approximate surface area is 234 Å². The zero-order valence-electron chi connectivity index (χ0n) is 21.9. The number of amides is 2. The molecule has 9 nitrogen and oxygen atoms in total. The molecule has 0 aliphatic carbocycles. The molecular formula is C29H32ClN7O2. The minimum atomic E-state index is -0.351. The predicted molar refractivity (Wildman–Crippen MR) is 157 cm³/mol. The molecule has 3 heterocycles. The van der Waals surface area contributed by atoms with Gasteiger partial charge >= 0.3 is 0 Å². The van der Waals surface area contributed by atoms with Gasteiger partial charge in [-0.05, 0) is 72.5 Å². The fourth-order valence-corrected chi connectivity index (χ4v) is 4.15. The van der Waals surface area contributed by atoms with E-state index in [2.05, 4.69) is 50.1 Å². The van der Waals surface area contributed by atoms with Crippen LogP contribution in [-0.2, 0) is 0 Å². The molecule has 2 aliphatic rings. The molecule has 10 heteroatoms. The summed E-state index contributed by atoms with van der Waals surface area (Å²) in [5.74, 6) is 2.15. The molecule has 0 spiro atoms. The number of anilines is 2. The van der Waals surface area contributed by atoms with Gasteiger partial charge in [-0.15, -0.1) is 12.4 Å². The second-order valence-electron chi connectivity index (χ2n) is 9.85. The van der Waals surface area contributed by atoms with Gasteiger partial charge in [0.1, 0.15) is 17.4 Å². The van der Waals surface area contributed by atoms with Gasteiger partial charge in [-0.3, -0.25) is 24.6 Å². The van der Waals surface area contributed by atoms with Crippen LogP contribution in [0.1, 0.15) is 45.8 Å². The van der Waals surface area contributed by atoms with Crippen LogP contribution in [0.15, 0.2) is 76.8 Å². The van der Waals surface area contributed by atoms with Crippen molar-refractivity contribution in [2.45, 2.75) is 13.8 Å². The lowest BCUT2D eigenvalue weighted by molar-refractivity contribution is 0.101. The quantitative estimate of drug-likeness (QED) is 0.373. The normalized spacial score (nSPS) is 18.3. The van der Waals surface area contributed by atoms with Crippen LogP contribution in [0.3, 0.4) is 0 Å². The zero-order valence-corrected chi connectivity index (χ0v) is 22.7. The van der Waals surface area contributed by atoms with Crippen LogP contribution < -0.4 is 21.3 Å². The topological polar surface area (TPSA) is 120 Å². The first-order valence-electron chi connectivity index (χ1n) is 12.8. The molecule has 202 valence electrons. The second-order valence-corrected chi connectivity index (χ2v) is 9.85. The van der Waals surface area contributed by atoms with Gasteiger partial charge in [0.05, 0.1) is 5.56 Å². The first kappa shape index (κ1) is 27.8. The number of amidine groups is 2. The Bertz CT molecular complexity index is 1260. The van der Waals surface area contributed by atoms with Crippen molar-refractivity contribution in [2.75, 3.05) is 36.8 Å². The van der Waals surface area contributed by atoms with E-state index in [1.807, 2.05) is 48.5 Å². The second kappa shape index (κ2) is 12.5. The van der Waals surface area contributed by atoms with E-state index in [4.69, 9.17) is 0 Å².